The zero-order valence-electron chi connectivity index (χ0n) is 63.2. The number of rotatable bonds is 74. The molecular weight excluding hydrogens is 1120 g/mol. The second-order valence-electron chi connectivity index (χ2n) is 29.9. The summed E-state index contributed by atoms with van der Waals surface area (Å²) >= 11 is 4.20. The lowest BCUT2D eigenvalue weighted by molar-refractivity contribution is 0.478. The van der Waals surface area contributed by atoms with Gasteiger partial charge in [0.25, 0.3) is 0 Å². The van der Waals surface area contributed by atoms with E-state index in [9.17, 15) is 0 Å². The Kier molecular flexibility index (Phi) is 72.1. The summed E-state index contributed by atoms with van der Waals surface area (Å²) in [6, 6.07) is 5.30. The Morgan fingerprint density at radius 1 is 0.200 bits per heavy atom. The maximum absolute atomic E-state index is 2.67. The van der Waals surface area contributed by atoms with Crippen LogP contribution in [-0.4, -0.2) is 0 Å². The molecule has 532 valence electrons. The Bertz CT molecular complexity index is 1560. The van der Waals surface area contributed by atoms with Gasteiger partial charge >= 0.3 is 0 Å². The number of hydrogen-bond donors (Lipinski definition) is 0. The van der Waals surface area contributed by atoms with Crippen molar-refractivity contribution >= 4 is 22.7 Å². The number of thiophene rings is 2. The molecule has 2 aromatic rings. The minimum atomic E-state index is 0.755. The van der Waals surface area contributed by atoms with Crippen LogP contribution >= 0.6 is 22.7 Å². The summed E-state index contributed by atoms with van der Waals surface area (Å²) in [5.74, 6) is 1.53. The lowest BCUT2D eigenvalue weighted by Gasteiger charge is -2.18. The predicted molar refractivity (Wildman–Crippen MR) is 419 cm³/mol. The van der Waals surface area contributed by atoms with Crippen LogP contribution in [0.5, 0.6) is 0 Å². The molecule has 2 unspecified atom stereocenters. The first kappa shape index (κ1) is 87.4. The maximum Gasteiger partial charge on any atom is 0.00790 e. The van der Waals surface area contributed by atoms with Crippen molar-refractivity contribution in [2.45, 2.75) is 516 Å². The lowest BCUT2D eigenvalue weighted by Crippen LogP contribution is -2.01. The molecule has 0 amide bonds. The summed E-state index contributed by atoms with van der Waals surface area (Å²) in [4.78, 5) is 3.41. The Balaban J connectivity index is 0.00000172. The molecule has 2 atom stereocenters. The van der Waals surface area contributed by atoms with Gasteiger partial charge in [0.05, 0.1) is 0 Å². The van der Waals surface area contributed by atoms with E-state index >= 15 is 0 Å². The van der Waals surface area contributed by atoms with Gasteiger partial charge in [-0.3, -0.25) is 0 Å². The molecule has 0 nitrogen and oxygen atoms in total. The average molecular weight is 1290 g/mol. The Morgan fingerprint density at radius 2 is 0.378 bits per heavy atom. The van der Waals surface area contributed by atoms with Gasteiger partial charge in [0.1, 0.15) is 0 Å². The summed E-state index contributed by atoms with van der Waals surface area (Å²) in [7, 11) is 0. The van der Waals surface area contributed by atoms with E-state index in [4.69, 9.17) is 0 Å². The molecule has 2 heteroatoms. The number of hydrogen-bond acceptors (Lipinski definition) is 2. The minimum absolute atomic E-state index is 0.755. The van der Waals surface area contributed by atoms with Crippen LogP contribution in [0.15, 0.2) is 22.9 Å². The number of unbranched alkanes of at least 4 members (excludes halogenated alkanes) is 61. The highest BCUT2D eigenvalue weighted by molar-refractivity contribution is 7.10. The highest BCUT2D eigenvalue weighted by atomic mass is 32.1. The minimum Gasteiger partial charge on any atom is -0.148 e. The molecular formula is C88H168S2. The molecule has 0 N–H and O–H groups in total. The third-order valence-corrected chi connectivity index (χ3v) is 23.3. The van der Waals surface area contributed by atoms with Crippen LogP contribution in [0.3, 0.4) is 0 Å². The van der Waals surface area contributed by atoms with Crippen molar-refractivity contribution in [3.05, 3.63) is 43.8 Å². The maximum atomic E-state index is 2.67. The first-order chi connectivity index (χ1) is 44.6. The van der Waals surface area contributed by atoms with Crippen LogP contribution in [0.4, 0.5) is 0 Å². The Hall–Kier alpha value is -0.600. The van der Waals surface area contributed by atoms with Crippen LogP contribution in [0.2, 0.25) is 0 Å². The first-order valence-corrected chi connectivity index (χ1v) is 44.5. The van der Waals surface area contributed by atoms with Crippen LogP contribution in [0.25, 0.3) is 0 Å². The second-order valence-corrected chi connectivity index (χ2v) is 31.8. The van der Waals surface area contributed by atoms with Crippen molar-refractivity contribution in [2.75, 3.05) is 0 Å². The molecule has 2 aromatic heterocycles. The molecule has 0 radical (unpaired) electrons. The van der Waals surface area contributed by atoms with Crippen molar-refractivity contribution in [1.82, 2.24) is 0 Å². The fourth-order valence-electron chi connectivity index (χ4n) is 14.6. The Morgan fingerprint density at radius 3 is 0.600 bits per heavy atom. The predicted octanol–water partition coefficient (Wildman–Crippen LogP) is 34.2. The van der Waals surface area contributed by atoms with Crippen molar-refractivity contribution in [2.24, 2.45) is 0 Å². The smallest absolute Gasteiger partial charge is 0.00790 e. The fraction of sp³-hybridized carbons (Fsp3) is 0.909. The second kappa shape index (κ2) is 74.2. The summed E-state index contributed by atoms with van der Waals surface area (Å²) in [6.45, 7) is 14.0. The van der Waals surface area contributed by atoms with Crippen molar-refractivity contribution < 1.29 is 0 Å². The van der Waals surface area contributed by atoms with Crippen molar-refractivity contribution in [3.63, 3.8) is 0 Å². The SMILES string of the molecule is CCCCCCCCCCCCCCCCCCCC.CCCCCCCCCCCCCCCCCCCCc1csc(C(CC)CCCC(CCCCCCCCCCCCC)c2cc(CCCCCCCCCCCCCCCCCCCC)cs2)c1. The van der Waals surface area contributed by atoms with Crippen LogP contribution in [0, 0.1) is 0 Å². The van der Waals surface area contributed by atoms with Gasteiger partial charge in [0, 0.05) is 9.75 Å². The van der Waals surface area contributed by atoms with E-state index in [-0.39, 0.29) is 0 Å². The van der Waals surface area contributed by atoms with E-state index in [1.807, 2.05) is 0 Å². The van der Waals surface area contributed by atoms with Gasteiger partial charge < -0.3 is 0 Å². The van der Waals surface area contributed by atoms with Gasteiger partial charge in [-0.25, -0.2) is 0 Å². The average Bonchev–Trinajstić information content (AvgIpc) is 4.46. The highest BCUT2D eigenvalue weighted by Crippen LogP contribution is 2.37. The summed E-state index contributed by atoms with van der Waals surface area (Å²) in [6.07, 6.45) is 104. The molecule has 0 bridgehead atoms. The summed E-state index contributed by atoms with van der Waals surface area (Å²) in [5.41, 5.74) is 3.28. The summed E-state index contributed by atoms with van der Waals surface area (Å²) in [5, 5.41) is 5.08. The van der Waals surface area contributed by atoms with E-state index in [0.29, 0.717) is 0 Å². The van der Waals surface area contributed by atoms with Crippen molar-refractivity contribution in [3.8, 4) is 0 Å². The van der Waals surface area contributed by atoms with Crippen molar-refractivity contribution in [1.29, 1.82) is 0 Å². The zero-order chi connectivity index (χ0) is 64.6. The van der Waals surface area contributed by atoms with Gasteiger partial charge in [-0.05, 0) is 97.2 Å². The molecule has 90 heavy (non-hydrogen) atoms. The van der Waals surface area contributed by atoms with E-state index in [0.717, 1.165) is 11.8 Å². The van der Waals surface area contributed by atoms with Crippen LogP contribution in [-0.2, 0) is 12.8 Å². The summed E-state index contributed by atoms with van der Waals surface area (Å²) < 4.78 is 0. The lowest BCUT2D eigenvalue weighted by atomic mass is 9.89. The normalized spacial score (nSPS) is 12.3. The van der Waals surface area contributed by atoms with Crippen LogP contribution < -0.4 is 0 Å². The molecule has 0 aromatic carbocycles. The van der Waals surface area contributed by atoms with Gasteiger partial charge in [-0.2, -0.15) is 0 Å². The largest absolute Gasteiger partial charge is 0.148 e. The third kappa shape index (κ3) is 61.0. The Labute approximate surface area is 578 Å². The molecule has 0 saturated heterocycles. The van der Waals surface area contributed by atoms with Gasteiger partial charge in [-0.15, -0.1) is 22.7 Å². The standard InChI is InChI=1S/C68H126S2.C20H42/c1-5-9-12-15-18-21-24-26-28-30-32-34-36-39-41-44-47-50-54-63-59-67(69-61-63)65(8-4)57-53-58-66(56-52-49-46-43-38-23-20-17-14-11-7-3)68-60-64(62-70-68)55-51-48-45-42-40-37-35-33-31-29-27-25-22-19-16-13-10-6-2;1-3-5-7-9-11-13-15-17-19-20-18-16-14-12-10-8-6-4-2/h59-62,65-66H,5-58H2,1-4H3;3-20H2,1-2H3. The molecule has 2 rings (SSSR count). The molecule has 2 heterocycles. The quantitative estimate of drug-likeness (QED) is 0.0579. The third-order valence-electron chi connectivity index (χ3n) is 21.0. The molecule has 0 aliphatic carbocycles. The molecule has 0 spiro atoms. The van der Waals surface area contributed by atoms with Gasteiger partial charge in [0.15, 0.2) is 0 Å². The first-order valence-electron chi connectivity index (χ1n) is 42.8. The van der Waals surface area contributed by atoms with E-state index in [1.165, 1.54) is 462 Å². The molecule has 0 aliphatic rings. The zero-order valence-corrected chi connectivity index (χ0v) is 64.8. The van der Waals surface area contributed by atoms with E-state index in [1.54, 1.807) is 20.9 Å². The fourth-order valence-corrected chi connectivity index (χ4v) is 16.8. The van der Waals surface area contributed by atoms with E-state index < -0.39 is 0 Å². The van der Waals surface area contributed by atoms with Gasteiger partial charge in [-0.1, -0.05) is 452 Å². The monoisotopic (exact) mass is 1290 g/mol. The number of aryl methyl sites for hydroxylation is 2. The molecule has 0 saturated carbocycles. The molecule has 0 fully saturated rings. The highest BCUT2D eigenvalue weighted by Gasteiger charge is 2.18. The molecule has 0 aliphatic heterocycles. The van der Waals surface area contributed by atoms with Gasteiger partial charge in [0.2, 0.25) is 0 Å². The van der Waals surface area contributed by atoms with E-state index in [2.05, 4.69) is 87.1 Å². The topological polar surface area (TPSA) is 0 Å². The van der Waals surface area contributed by atoms with Crippen LogP contribution in [0.1, 0.15) is 524 Å².